The van der Waals surface area contributed by atoms with Crippen LogP contribution in [-0.2, 0) is 0 Å². The average Bonchev–Trinajstić information content (AvgIpc) is 2.35. The Labute approximate surface area is 121 Å². The predicted octanol–water partition coefficient (Wildman–Crippen LogP) is 3.44. The molecule has 0 radical (unpaired) electrons. The summed E-state index contributed by atoms with van der Waals surface area (Å²) in [4.78, 5) is 15.9. The van der Waals surface area contributed by atoms with Gasteiger partial charge >= 0.3 is 0 Å². The van der Waals surface area contributed by atoms with Gasteiger partial charge in [0.1, 0.15) is 0 Å². The first-order valence-corrected chi connectivity index (χ1v) is 6.62. The van der Waals surface area contributed by atoms with Crippen molar-refractivity contribution in [2.24, 2.45) is 0 Å². The first kappa shape index (κ1) is 13.0. The van der Waals surface area contributed by atoms with Crippen molar-refractivity contribution in [3.63, 3.8) is 0 Å². The number of nitrogens with two attached hydrogens (primary N) is 1. The molecular weight excluding hydrogens is 362 g/mol. The lowest BCUT2D eigenvalue weighted by atomic mass is 10.2. The Bertz CT molecular complexity index is 602. The standard InChI is InChI=1S/C12H9Br2N3O/c13-8-5-7(1-2-10(8)15)12(18)17-11-3-4-16-6-9(11)14/h1-6H,15H2,(H,16,17,18). The van der Waals surface area contributed by atoms with E-state index in [9.17, 15) is 4.79 Å². The second-order valence-electron chi connectivity index (χ2n) is 3.55. The molecule has 2 rings (SSSR count). The predicted molar refractivity (Wildman–Crippen MR) is 78.4 cm³/mol. The molecule has 1 aromatic carbocycles. The van der Waals surface area contributed by atoms with Gasteiger partial charge in [0, 0.05) is 28.1 Å². The number of halogens is 2. The van der Waals surface area contributed by atoms with E-state index in [0.29, 0.717) is 21.4 Å². The average molecular weight is 371 g/mol. The summed E-state index contributed by atoms with van der Waals surface area (Å²) in [5, 5.41) is 2.79. The molecule has 0 bridgehead atoms. The lowest BCUT2D eigenvalue weighted by Gasteiger charge is -2.07. The monoisotopic (exact) mass is 369 g/mol. The number of benzene rings is 1. The third kappa shape index (κ3) is 2.88. The molecule has 4 nitrogen and oxygen atoms in total. The Kier molecular flexibility index (Phi) is 3.98. The minimum atomic E-state index is -0.206. The molecule has 6 heteroatoms. The third-order valence-corrected chi connectivity index (χ3v) is 3.60. The van der Waals surface area contributed by atoms with Crippen LogP contribution >= 0.6 is 31.9 Å². The number of hydrogen-bond acceptors (Lipinski definition) is 3. The number of hydrogen-bond donors (Lipinski definition) is 2. The van der Waals surface area contributed by atoms with Gasteiger partial charge in [-0.1, -0.05) is 0 Å². The van der Waals surface area contributed by atoms with Gasteiger partial charge in [-0.25, -0.2) is 0 Å². The van der Waals surface area contributed by atoms with Crippen molar-refractivity contribution < 1.29 is 4.79 Å². The zero-order chi connectivity index (χ0) is 13.1. The Morgan fingerprint density at radius 1 is 1.22 bits per heavy atom. The van der Waals surface area contributed by atoms with Gasteiger partial charge in [0.15, 0.2) is 0 Å². The quantitative estimate of drug-likeness (QED) is 0.795. The van der Waals surface area contributed by atoms with Gasteiger partial charge in [-0.2, -0.15) is 0 Å². The van der Waals surface area contributed by atoms with Crippen LogP contribution in [0.25, 0.3) is 0 Å². The van der Waals surface area contributed by atoms with Crippen molar-refractivity contribution >= 4 is 49.1 Å². The van der Waals surface area contributed by atoms with Crippen LogP contribution < -0.4 is 11.1 Å². The molecule has 1 heterocycles. The summed E-state index contributed by atoms with van der Waals surface area (Å²) in [5.74, 6) is -0.206. The molecule has 0 atom stereocenters. The molecule has 0 spiro atoms. The molecule has 0 aliphatic carbocycles. The molecule has 3 N–H and O–H groups in total. The van der Waals surface area contributed by atoms with E-state index >= 15 is 0 Å². The molecular formula is C12H9Br2N3O. The molecule has 0 fully saturated rings. The van der Waals surface area contributed by atoms with Crippen LogP contribution in [-0.4, -0.2) is 10.9 Å². The second-order valence-corrected chi connectivity index (χ2v) is 5.25. The number of pyridine rings is 1. The lowest BCUT2D eigenvalue weighted by molar-refractivity contribution is 0.102. The molecule has 0 saturated carbocycles. The fourth-order valence-electron chi connectivity index (χ4n) is 1.34. The SMILES string of the molecule is Nc1ccc(C(=O)Nc2ccncc2Br)cc1Br. The lowest BCUT2D eigenvalue weighted by Crippen LogP contribution is -2.12. The molecule has 0 aliphatic rings. The van der Waals surface area contributed by atoms with Crippen LogP contribution in [0.15, 0.2) is 45.6 Å². The molecule has 2 aromatic rings. The van der Waals surface area contributed by atoms with Gasteiger partial charge in [0.25, 0.3) is 5.91 Å². The second kappa shape index (κ2) is 5.49. The van der Waals surface area contributed by atoms with Gasteiger partial charge in [-0.15, -0.1) is 0 Å². The smallest absolute Gasteiger partial charge is 0.255 e. The van der Waals surface area contributed by atoms with Crippen LogP contribution in [0.4, 0.5) is 11.4 Å². The van der Waals surface area contributed by atoms with Crippen molar-refractivity contribution in [2.45, 2.75) is 0 Å². The molecule has 0 unspecified atom stereocenters. The molecule has 92 valence electrons. The summed E-state index contributed by atoms with van der Waals surface area (Å²) in [6.07, 6.45) is 3.23. The first-order chi connectivity index (χ1) is 8.58. The molecule has 0 saturated heterocycles. The minimum Gasteiger partial charge on any atom is -0.398 e. The number of rotatable bonds is 2. The zero-order valence-corrected chi connectivity index (χ0v) is 12.3. The van der Waals surface area contributed by atoms with Crippen molar-refractivity contribution in [3.05, 3.63) is 51.2 Å². The summed E-state index contributed by atoms with van der Waals surface area (Å²) in [6, 6.07) is 6.75. The molecule has 0 aliphatic heterocycles. The molecule has 1 amide bonds. The van der Waals surface area contributed by atoms with E-state index in [1.807, 2.05) is 0 Å². The highest BCUT2D eigenvalue weighted by Crippen LogP contribution is 2.23. The maximum Gasteiger partial charge on any atom is 0.255 e. The summed E-state index contributed by atoms with van der Waals surface area (Å²) >= 11 is 6.61. The van der Waals surface area contributed by atoms with E-state index in [1.54, 1.807) is 36.7 Å². The number of carbonyl (C=O) groups is 1. The van der Waals surface area contributed by atoms with Crippen molar-refractivity contribution in [1.29, 1.82) is 0 Å². The zero-order valence-electron chi connectivity index (χ0n) is 9.15. The maximum atomic E-state index is 12.0. The van der Waals surface area contributed by atoms with Gasteiger partial charge in [0.2, 0.25) is 0 Å². The number of nitrogens with zero attached hydrogens (tertiary/aromatic N) is 1. The van der Waals surface area contributed by atoms with Crippen molar-refractivity contribution in [1.82, 2.24) is 4.98 Å². The van der Waals surface area contributed by atoms with Crippen LogP contribution in [0, 0.1) is 0 Å². The summed E-state index contributed by atoms with van der Waals surface area (Å²) in [5.41, 5.74) is 7.46. The first-order valence-electron chi connectivity index (χ1n) is 5.04. The summed E-state index contributed by atoms with van der Waals surface area (Å²) in [6.45, 7) is 0. The summed E-state index contributed by atoms with van der Waals surface area (Å²) < 4.78 is 1.43. The number of aromatic nitrogens is 1. The topological polar surface area (TPSA) is 68.0 Å². The van der Waals surface area contributed by atoms with Crippen molar-refractivity contribution in [2.75, 3.05) is 11.1 Å². The normalized spacial score (nSPS) is 10.1. The summed E-state index contributed by atoms with van der Waals surface area (Å²) in [7, 11) is 0. The van der Waals surface area contributed by atoms with Gasteiger partial charge in [0.05, 0.1) is 10.2 Å². The van der Waals surface area contributed by atoms with E-state index in [4.69, 9.17) is 5.73 Å². The van der Waals surface area contributed by atoms with E-state index in [-0.39, 0.29) is 5.91 Å². The van der Waals surface area contributed by atoms with Crippen LogP contribution in [0.1, 0.15) is 10.4 Å². The van der Waals surface area contributed by atoms with E-state index in [0.717, 1.165) is 4.47 Å². The number of anilines is 2. The molecule has 18 heavy (non-hydrogen) atoms. The number of amides is 1. The Morgan fingerprint density at radius 2 is 2.00 bits per heavy atom. The molecule has 1 aromatic heterocycles. The highest BCUT2D eigenvalue weighted by Gasteiger charge is 2.09. The Balaban J connectivity index is 2.22. The Morgan fingerprint density at radius 3 is 2.67 bits per heavy atom. The number of nitrogens with one attached hydrogen (secondary N) is 1. The number of carbonyl (C=O) groups excluding carboxylic acids is 1. The van der Waals surface area contributed by atoms with Crippen LogP contribution in [0.2, 0.25) is 0 Å². The fraction of sp³-hybridized carbons (Fsp3) is 0. The largest absolute Gasteiger partial charge is 0.398 e. The highest BCUT2D eigenvalue weighted by molar-refractivity contribution is 9.11. The van der Waals surface area contributed by atoms with E-state index in [1.165, 1.54) is 0 Å². The van der Waals surface area contributed by atoms with Crippen LogP contribution in [0.5, 0.6) is 0 Å². The van der Waals surface area contributed by atoms with Gasteiger partial charge < -0.3 is 11.1 Å². The van der Waals surface area contributed by atoms with Crippen molar-refractivity contribution in [3.8, 4) is 0 Å². The third-order valence-electron chi connectivity index (χ3n) is 2.28. The van der Waals surface area contributed by atoms with Crippen LogP contribution in [0.3, 0.4) is 0 Å². The highest BCUT2D eigenvalue weighted by atomic mass is 79.9. The fourth-order valence-corrected chi connectivity index (χ4v) is 2.07. The van der Waals surface area contributed by atoms with E-state index < -0.39 is 0 Å². The number of nitrogen functional groups attached to an aromatic ring is 1. The maximum absolute atomic E-state index is 12.0. The van der Waals surface area contributed by atoms with Gasteiger partial charge in [-0.05, 0) is 56.1 Å². The van der Waals surface area contributed by atoms with E-state index in [2.05, 4.69) is 42.2 Å². The minimum absolute atomic E-state index is 0.206. The Hall–Kier alpha value is -1.40. The van der Waals surface area contributed by atoms with Gasteiger partial charge in [-0.3, -0.25) is 9.78 Å².